The summed E-state index contributed by atoms with van der Waals surface area (Å²) in [5.41, 5.74) is 0.924. The first-order valence-electron chi connectivity index (χ1n) is 8.10. The molecule has 19 heavy (non-hydrogen) atoms. The normalized spacial score (nSPS) is 35.5. The zero-order valence-corrected chi connectivity index (χ0v) is 13.6. The molecule has 2 saturated carbocycles. The molecule has 0 amide bonds. The first kappa shape index (κ1) is 15.3. The smallest absolute Gasteiger partial charge is 0.0695 e. The highest BCUT2D eigenvalue weighted by Crippen LogP contribution is 2.41. The van der Waals surface area contributed by atoms with Crippen LogP contribution in [0.5, 0.6) is 0 Å². The molecule has 0 spiro atoms. The number of nitrogens with zero attached hydrogens (tertiary/aromatic N) is 1. The third-order valence-corrected chi connectivity index (χ3v) is 5.73. The van der Waals surface area contributed by atoms with E-state index in [-0.39, 0.29) is 6.10 Å². The van der Waals surface area contributed by atoms with Crippen LogP contribution in [0.25, 0.3) is 0 Å². The number of hydrogen-bond donors (Lipinski definition) is 1. The molecule has 0 bridgehead atoms. The predicted octanol–water partition coefficient (Wildman–Crippen LogP) is 3.83. The molecular formula is C17H33NO. The number of hydrogen-bond acceptors (Lipinski definition) is 2. The van der Waals surface area contributed by atoms with Crippen molar-refractivity contribution in [2.75, 3.05) is 7.05 Å². The van der Waals surface area contributed by atoms with Gasteiger partial charge in [0.1, 0.15) is 0 Å². The van der Waals surface area contributed by atoms with Crippen molar-refractivity contribution in [1.82, 2.24) is 4.90 Å². The summed E-state index contributed by atoms with van der Waals surface area (Å²) in [6, 6.07) is 1.05. The van der Waals surface area contributed by atoms with E-state index < -0.39 is 0 Å². The van der Waals surface area contributed by atoms with E-state index in [1.807, 2.05) is 0 Å². The fourth-order valence-electron chi connectivity index (χ4n) is 4.01. The zero-order valence-electron chi connectivity index (χ0n) is 13.6. The van der Waals surface area contributed by atoms with Gasteiger partial charge >= 0.3 is 0 Å². The molecule has 2 nitrogen and oxygen atoms in total. The van der Waals surface area contributed by atoms with Gasteiger partial charge in [-0.25, -0.2) is 0 Å². The molecule has 0 aliphatic heterocycles. The molecule has 0 aromatic heterocycles. The summed E-state index contributed by atoms with van der Waals surface area (Å²) < 4.78 is 0. The van der Waals surface area contributed by atoms with Crippen molar-refractivity contribution in [1.29, 1.82) is 0 Å². The number of rotatable bonds is 2. The van der Waals surface area contributed by atoms with E-state index in [9.17, 15) is 5.11 Å². The van der Waals surface area contributed by atoms with Crippen molar-refractivity contribution in [3.05, 3.63) is 0 Å². The molecule has 0 aromatic rings. The lowest BCUT2D eigenvalue weighted by Gasteiger charge is -2.47. The molecule has 0 radical (unpaired) electrons. The Morgan fingerprint density at radius 1 is 0.895 bits per heavy atom. The SMILES string of the molecule is CN(C1CCC(C)(C)CC1)C1CC(C)(C)CCC1O. The van der Waals surface area contributed by atoms with Crippen molar-refractivity contribution in [2.45, 2.75) is 90.8 Å². The van der Waals surface area contributed by atoms with Crippen LogP contribution in [-0.4, -0.2) is 35.2 Å². The van der Waals surface area contributed by atoms with E-state index in [2.05, 4.69) is 39.6 Å². The van der Waals surface area contributed by atoms with Crippen molar-refractivity contribution < 1.29 is 5.11 Å². The lowest BCUT2D eigenvalue weighted by atomic mass is 9.71. The molecule has 2 rings (SSSR count). The molecule has 1 N–H and O–H groups in total. The Labute approximate surface area is 119 Å². The van der Waals surface area contributed by atoms with Gasteiger partial charge in [0.15, 0.2) is 0 Å². The van der Waals surface area contributed by atoms with Gasteiger partial charge < -0.3 is 5.11 Å². The Kier molecular flexibility index (Phi) is 4.32. The quantitative estimate of drug-likeness (QED) is 0.822. The van der Waals surface area contributed by atoms with E-state index in [1.165, 1.54) is 25.7 Å². The van der Waals surface area contributed by atoms with E-state index in [4.69, 9.17) is 0 Å². The van der Waals surface area contributed by atoms with Gasteiger partial charge in [0, 0.05) is 12.1 Å². The van der Waals surface area contributed by atoms with Gasteiger partial charge in [-0.05, 0) is 62.8 Å². The Hall–Kier alpha value is -0.0800. The van der Waals surface area contributed by atoms with Crippen LogP contribution in [0.15, 0.2) is 0 Å². The van der Waals surface area contributed by atoms with Crippen LogP contribution in [0, 0.1) is 10.8 Å². The van der Waals surface area contributed by atoms with Crippen molar-refractivity contribution >= 4 is 0 Å². The van der Waals surface area contributed by atoms with E-state index in [0.717, 1.165) is 19.3 Å². The largest absolute Gasteiger partial charge is 0.391 e. The van der Waals surface area contributed by atoms with Crippen LogP contribution < -0.4 is 0 Å². The summed E-state index contributed by atoms with van der Waals surface area (Å²) in [6.07, 6.45) is 8.41. The average Bonchev–Trinajstić information content (AvgIpc) is 2.31. The molecule has 112 valence electrons. The molecule has 2 heteroatoms. The van der Waals surface area contributed by atoms with Gasteiger partial charge in [-0.3, -0.25) is 4.90 Å². The summed E-state index contributed by atoms with van der Waals surface area (Å²) in [5.74, 6) is 0. The fraction of sp³-hybridized carbons (Fsp3) is 1.00. The van der Waals surface area contributed by atoms with Crippen LogP contribution in [0.2, 0.25) is 0 Å². The topological polar surface area (TPSA) is 23.5 Å². The Balaban J connectivity index is 1.97. The van der Waals surface area contributed by atoms with Gasteiger partial charge in [-0.2, -0.15) is 0 Å². The fourth-order valence-corrected chi connectivity index (χ4v) is 4.01. The summed E-state index contributed by atoms with van der Waals surface area (Å²) in [5, 5.41) is 10.4. The van der Waals surface area contributed by atoms with Crippen LogP contribution in [0.3, 0.4) is 0 Å². The second-order valence-electron chi connectivity index (χ2n) is 8.60. The molecule has 2 unspecified atom stereocenters. The minimum atomic E-state index is -0.118. The summed E-state index contributed by atoms with van der Waals surface area (Å²) in [4.78, 5) is 2.51. The van der Waals surface area contributed by atoms with Crippen molar-refractivity contribution in [2.24, 2.45) is 10.8 Å². The van der Waals surface area contributed by atoms with E-state index in [1.54, 1.807) is 0 Å². The standard InChI is InChI=1S/C17H33NO/c1-16(2)9-6-13(7-10-16)18(5)14-12-17(3,4)11-8-15(14)19/h13-15,19H,6-12H2,1-5H3. The van der Waals surface area contributed by atoms with Gasteiger partial charge in [-0.15, -0.1) is 0 Å². The van der Waals surface area contributed by atoms with E-state index >= 15 is 0 Å². The molecule has 0 heterocycles. The van der Waals surface area contributed by atoms with Crippen LogP contribution >= 0.6 is 0 Å². The molecule has 0 aromatic carbocycles. The molecule has 0 saturated heterocycles. The Morgan fingerprint density at radius 3 is 2.00 bits per heavy atom. The lowest BCUT2D eigenvalue weighted by Crippen LogP contribution is -2.52. The molecule has 2 atom stereocenters. The summed E-state index contributed by atoms with van der Waals surface area (Å²) in [7, 11) is 2.25. The minimum Gasteiger partial charge on any atom is -0.391 e. The Bertz CT molecular complexity index is 300. The Morgan fingerprint density at radius 2 is 1.42 bits per heavy atom. The maximum absolute atomic E-state index is 10.4. The van der Waals surface area contributed by atoms with Crippen LogP contribution in [0.1, 0.15) is 72.6 Å². The highest BCUT2D eigenvalue weighted by atomic mass is 16.3. The van der Waals surface area contributed by atoms with Gasteiger partial charge in [0.25, 0.3) is 0 Å². The van der Waals surface area contributed by atoms with E-state index in [0.29, 0.717) is 22.9 Å². The number of aliphatic hydroxyl groups is 1. The highest BCUT2D eigenvalue weighted by molar-refractivity contribution is 4.93. The first-order valence-corrected chi connectivity index (χ1v) is 8.10. The molecule has 2 aliphatic carbocycles. The van der Waals surface area contributed by atoms with Gasteiger partial charge in [0.2, 0.25) is 0 Å². The number of aliphatic hydroxyl groups excluding tert-OH is 1. The molecule has 2 aliphatic rings. The molecule has 2 fully saturated rings. The third-order valence-electron chi connectivity index (χ3n) is 5.73. The number of likely N-dealkylation sites (N-methyl/N-ethyl adjacent to an activating group) is 1. The van der Waals surface area contributed by atoms with Gasteiger partial charge in [0.05, 0.1) is 6.10 Å². The first-order chi connectivity index (χ1) is 8.70. The van der Waals surface area contributed by atoms with Crippen LogP contribution in [-0.2, 0) is 0 Å². The second kappa shape index (κ2) is 5.37. The van der Waals surface area contributed by atoms with Gasteiger partial charge in [-0.1, -0.05) is 27.7 Å². The summed E-state index contributed by atoms with van der Waals surface area (Å²) in [6.45, 7) is 9.48. The second-order valence-corrected chi connectivity index (χ2v) is 8.60. The maximum atomic E-state index is 10.4. The van der Waals surface area contributed by atoms with Crippen molar-refractivity contribution in [3.63, 3.8) is 0 Å². The summed E-state index contributed by atoms with van der Waals surface area (Å²) >= 11 is 0. The zero-order chi connectivity index (χ0) is 14.3. The monoisotopic (exact) mass is 267 g/mol. The average molecular weight is 267 g/mol. The highest BCUT2D eigenvalue weighted by Gasteiger charge is 2.39. The predicted molar refractivity (Wildman–Crippen MR) is 81.2 cm³/mol. The maximum Gasteiger partial charge on any atom is 0.0695 e. The molecular weight excluding hydrogens is 234 g/mol. The minimum absolute atomic E-state index is 0.118. The third kappa shape index (κ3) is 3.72. The van der Waals surface area contributed by atoms with Crippen LogP contribution in [0.4, 0.5) is 0 Å². The van der Waals surface area contributed by atoms with Crippen molar-refractivity contribution in [3.8, 4) is 0 Å². The lowest BCUT2D eigenvalue weighted by molar-refractivity contribution is -0.0336.